The van der Waals surface area contributed by atoms with E-state index in [0.29, 0.717) is 13.0 Å². The van der Waals surface area contributed by atoms with Crippen LogP contribution in [-0.4, -0.2) is 80.7 Å². The van der Waals surface area contributed by atoms with Crippen LogP contribution in [0.5, 0.6) is 0 Å². The number of esters is 1. The summed E-state index contributed by atoms with van der Waals surface area (Å²) in [6.45, 7) is 26.3. The lowest BCUT2D eigenvalue weighted by Gasteiger charge is -2.38. The molecule has 0 aromatic rings. The predicted octanol–water partition coefficient (Wildman–Crippen LogP) is 6.23. The van der Waals surface area contributed by atoms with E-state index in [0.717, 1.165) is 0 Å². The molecule has 11 nitrogen and oxygen atoms in total. The molecule has 0 saturated carbocycles. The Morgan fingerprint density at radius 3 is 1.88 bits per heavy atom. The highest BCUT2D eigenvalue weighted by molar-refractivity contribution is 7.48. The maximum atomic E-state index is 13.3. The van der Waals surface area contributed by atoms with Crippen molar-refractivity contribution in [1.82, 2.24) is 10.2 Å². The van der Waals surface area contributed by atoms with Crippen molar-refractivity contribution in [3.63, 3.8) is 0 Å². The second kappa shape index (κ2) is 13.5. The largest absolute Gasteiger partial charge is 0.478 e. The number of amides is 1. The Balaban J connectivity index is 2.94. The molecule has 0 radical (unpaired) electrons. The van der Waals surface area contributed by atoms with E-state index in [1.54, 1.807) is 62.3 Å². The molecule has 1 amide bonds. The van der Waals surface area contributed by atoms with Crippen molar-refractivity contribution in [2.24, 2.45) is 0 Å². The lowest BCUT2D eigenvalue weighted by atomic mass is 10.2. The quantitative estimate of drug-likeness (QED) is 0.125. The molecule has 0 spiro atoms. The Kier molecular flexibility index (Phi) is 12.5. The average Bonchev–Trinajstić information content (AvgIpc) is 3.07. The summed E-state index contributed by atoms with van der Waals surface area (Å²) in [5.41, 5.74) is -2.40. The van der Waals surface area contributed by atoms with Crippen LogP contribution in [0.25, 0.3) is 0 Å². The van der Waals surface area contributed by atoms with Gasteiger partial charge in [-0.25, -0.2) is 13.9 Å². The van der Waals surface area contributed by atoms with Crippen LogP contribution in [0.4, 0.5) is 4.79 Å². The van der Waals surface area contributed by atoms with Gasteiger partial charge >= 0.3 is 19.9 Å². The summed E-state index contributed by atoms with van der Waals surface area (Å²) < 4.78 is 47.0. The second-order valence-corrected chi connectivity index (χ2v) is 21.1. The van der Waals surface area contributed by atoms with Gasteiger partial charge in [0.1, 0.15) is 12.1 Å². The molecule has 1 rings (SSSR count). The van der Waals surface area contributed by atoms with E-state index in [2.05, 4.69) is 39.2 Å². The minimum Gasteiger partial charge on any atom is -0.459 e. The van der Waals surface area contributed by atoms with Crippen LogP contribution in [-0.2, 0) is 36.8 Å². The number of rotatable bonds is 11. The number of ether oxygens (including phenoxy) is 2. The van der Waals surface area contributed by atoms with Gasteiger partial charge < -0.3 is 19.2 Å². The fraction of sp³-hybridized carbons (Fsp3) is 0.926. The number of nitrogens with zero attached hydrogens (tertiary/aromatic N) is 1. The molecule has 1 aliphatic rings. The molecular formula is C27H55N2O9PSi. The third-order valence-corrected chi connectivity index (χ3v) is 12.6. The fourth-order valence-electron chi connectivity index (χ4n) is 3.58. The van der Waals surface area contributed by atoms with Crippen molar-refractivity contribution in [1.29, 1.82) is 0 Å². The molecule has 0 aromatic heterocycles. The zero-order valence-corrected chi connectivity index (χ0v) is 29.2. The number of phosphoric ester groups is 1. The van der Waals surface area contributed by atoms with Crippen LogP contribution in [0.15, 0.2) is 0 Å². The maximum absolute atomic E-state index is 13.3. The van der Waals surface area contributed by atoms with Crippen LogP contribution in [0.1, 0.15) is 89.5 Å². The van der Waals surface area contributed by atoms with E-state index in [1.165, 1.54) is 4.90 Å². The molecule has 1 aliphatic heterocycles. The first-order valence-electron chi connectivity index (χ1n) is 13.9. The molecule has 2 atom stereocenters. The average molecular weight is 611 g/mol. The van der Waals surface area contributed by atoms with E-state index in [-0.39, 0.29) is 30.3 Å². The minimum atomic E-state index is -4.09. The zero-order chi connectivity index (χ0) is 31.4. The molecule has 13 heteroatoms. The van der Waals surface area contributed by atoms with Crippen molar-refractivity contribution < 1.29 is 41.6 Å². The first kappa shape index (κ1) is 37.0. The predicted molar refractivity (Wildman–Crippen MR) is 158 cm³/mol. The Morgan fingerprint density at radius 1 is 0.900 bits per heavy atom. The van der Waals surface area contributed by atoms with Gasteiger partial charge in [0.2, 0.25) is 6.79 Å². The van der Waals surface area contributed by atoms with Crippen molar-refractivity contribution in [3.8, 4) is 0 Å². The van der Waals surface area contributed by atoms with Gasteiger partial charge in [0, 0.05) is 19.1 Å². The van der Waals surface area contributed by atoms with Gasteiger partial charge in [-0.3, -0.25) is 18.7 Å². The highest BCUT2D eigenvalue weighted by Crippen LogP contribution is 2.55. The topological polar surface area (TPSA) is 122 Å². The van der Waals surface area contributed by atoms with E-state index in [4.69, 9.17) is 27.5 Å². The summed E-state index contributed by atoms with van der Waals surface area (Å²) in [5, 5.41) is 3.47. The number of hydrogen-bond acceptors (Lipinski definition) is 10. The van der Waals surface area contributed by atoms with Crippen LogP contribution in [0.2, 0.25) is 18.1 Å². The number of phosphoric acid groups is 1. The van der Waals surface area contributed by atoms with Crippen molar-refractivity contribution in [3.05, 3.63) is 0 Å². The standard InChI is InChI=1S/C27H55N2O9PSi/c1-24(2,3)35-22(30)18-29(17-20-15-21(16-28-20)36-40(13,14)27(10,11)12)23(31)33-19-34-39(32,37-25(4,5)6)38-26(7,8)9/h20-21,28H,15-19H2,1-14H3/t20-,21+/m0/s1. The zero-order valence-electron chi connectivity index (χ0n) is 27.3. The number of carbonyl (C=O) groups is 2. The molecule has 0 aliphatic carbocycles. The van der Waals surface area contributed by atoms with Gasteiger partial charge in [0.05, 0.1) is 17.3 Å². The molecule has 0 bridgehead atoms. The summed E-state index contributed by atoms with van der Waals surface area (Å²) in [4.78, 5) is 27.0. The Bertz CT molecular complexity index is 882. The van der Waals surface area contributed by atoms with Crippen LogP contribution < -0.4 is 5.32 Å². The SMILES string of the molecule is CC(C)(C)OC(=O)CN(C[C@@H]1C[C@@H](O[Si](C)(C)C(C)(C)C)CN1)C(=O)OCOP(=O)(OC(C)(C)C)OC(C)(C)C. The smallest absolute Gasteiger partial charge is 0.459 e. The third kappa shape index (κ3) is 14.2. The molecule has 1 saturated heterocycles. The lowest BCUT2D eigenvalue weighted by molar-refractivity contribution is -0.156. The van der Waals surface area contributed by atoms with Crippen molar-refractivity contribution in [2.75, 3.05) is 26.4 Å². The van der Waals surface area contributed by atoms with Gasteiger partial charge in [-0.15, -0.1) is 0 Å². The van der Waals surface area contributed by atoms with Crippen molar-refractivity contribution in [2.45, 2.75) is 137 Å². The minimum absolute atomic E-state index is 0.00333. The summed E-state index contributed by atoms with van der Waals surface area (Å²) >= 11 is 0. The van der Waals surface area contributed by atoms with Crippen LogP contribution in [0, 0.1) is 0 Å². The summed E-state index contributed by atoms with van der Waals surface area (Å²) in [6, 6.07) is -0.120. The molecule has 236 valence electrons. The summed E-state index contributed by atoms with van der Waals surface area (Å²) in [5.74, 6) is -0.574. The normalized spacial score (nSPS) is 19.4. The first-order chi connectivity index (χ1) is 17.7. The highest BCUT2D eigenvalue weighted by atomic mass is 31.2. The van der Waals surface area contributed by atoms with Crippen molar-refractivity contribution >= 4 is 28.2 Å². The van der Waals surface area contributed by atoms with Gasteiger partial charge in [-0.2, -0.15) is 0 Å². The highest BCUT2D eigenvalue weighted by Gasteiger charge is 2.42. The van der Waals surface area contributed by atoms with E-state index in [9.17, 15) is 14.2 Å². The second-order valence-electron chi connectivity index (χ2n) is 14.8. The lowest BCUT2D eigenvalue weighted by Crippen LogP contribution is -2.45. The Hall–Kier alpha value is -1.01. The Morgan fingerprint density at radius 2 is 1.43 bits per heavy atom. The molecule has 1 heterocycles. The molecule has 0 aromatic carbocycles. The molecule has 40 heavy (non-hydrogen) atoms. The summed E-state index contributed by atoms with van der Waals surface area (Å²) in [6.07, 6.45) is -0.141. The fourth-order valence-corrected chi connectivity index (χ4v) is 6.61. The Labute approximate surface area is 243 Å². The molecule has 1 fully saturated rings. The number of carbonyl (C=O) groups excluding carboxylic acids is 2. The number of nitrogens with one attached hydrogen (secondary N) is 1. The van der Waals surface area contributed by atoms with Gasteiger partial charge in [0.25, 0.3) is 0 Å². The molecule has 0 unspecified atom stereocenters. The van der Waals surface area contributed by atoms with E-state index >= 15 is 0 Å². The van der Waals surface area contributed by atoms with Gasteiger partial charge in [-0.1, -0.05) is 20.8 Å². The van der Waals surface area contributed by atoms with Crippen LogP contribution in [0.3, 0.4) is 0 Å². The molecule has 1 N–H and O–H groups in total. The monoisotopic (exact) mass is 610 g/mol. The third-order valence-electron chi connectivity index (χ3n) is 6.05. The van der Waals surface area contributed by atoms with E-state index in [1.807, 2.05) is 0 Å². The first-order valence-corrected chi connectivity index (χ1v) is 18.3. The van der Waals surface area contributed by atoms with E-state index < -0.39 is 51.8 Å². The van der Waals surface area contributed by atoms with Gasteiger partial charge in [-0.05, 0) is 86.9 Å². The summed E-state index contributed by atoms with van der Waals surface area (Å²) in [7, 11) is -6.06. The van der Waals surface area contributed by atoms with Gasteiger partial charge in [0.15, 0.2) is 8.32 Å². The molecular weight excluding hydrogens is 555 g/mol. The maximum Gasteiger partial charge on any atom is 0.478 e. The number of hydrogen-bond donors (Lipinski definition) is 1. The van der Waals surface area contributed by atoms with Crippen LogP contribution >= 0.6 is 7.82 Å².